The van der Waals surface area contributed by atoms with Crippen LogP contribution in [0.3, 0.4) is 0 Å². The molecular weight excluding hydrogens is 254 g/mol. The molecule has 0 aliphatic carbocycles. The van der Waals surface area contributed by atoms with E-state index >= 15 is 0 Å². The maximum atomic E-state index is 13.1. The predicted molar refractivity (Wildman–Crippen MR) is 53.5 cm³/mol. The van der Waals surface area contributed by atoms with Gasteiger partial charge in [-0.25, -0.2) is 4.39 Å². The van der Waals surface area contributed by atoms with Gasteiger partial charge in [0.1, 0.15) is 5.82 Å². The van der Waals surface area contributed by atoms with E-state index < -0.39 is 27.7 Å². The number of alkyl halides is 3. The number of nitrogens with one attached hydrogen (secondary N) is 1. The fraction of sp³-hybridized carbons (Fsp3) is 0.125. The first kappa shape index (κ1) is 12.2. The minimum atomic E-state index is -4.66. The summed E-state index contributed by atoms with van der Waals surface area (Å²) in [7, 11) is 0. The summed E-state index contributed by atoms with van der Waals surface area (Å²) in [6.07, 6.45) is -4.66. The molecule has 0 atom stereocenters. The molecule has 1 nitrogen and oxygen atoms in total. The van der Waals surface area contributed by atoms with Crippen LogP contribution in [0, 0.1) is 5.82 Å². The van der Waals surface area contributed by atoms with Crippen LogP contribution in [0.1, 0.15) is 5.56 Å². The quantitative estimate of drug-likeness (QED) is 0.356. The summed E-state index contributed by atoms with van der Waals surface area (Å²) in [6.45, 7) is 0. The molecule has 0 aromatic heterocycles. The molecule has 1 rings (SSSR count). The Balaban J connectivity index is 3.26. The molecule has 0 radical (unpaired) electrons. The molecule has 0 spiro atoms. The monoisotopic (exact) mass is 257 g/mol. The molecule has 7 heteroatoms. The molecule has 1 aromatic rings. The van der Waals surface area contributed by atoms with E-state index in [9.17, 15) is 17.6 Å². The molecule has 0 amide bonds. The number of hydrogen-bond acceptors (Lipinski definition) is 1. The van der Waals surface area contributed by atoms with E-state index in [0.717, 1.165) is 18.2 Å². The summed E-state index contributed by atoms with van der Waals surface area (Å²) in [5, 5.41) is 1.95. The fourth-order valence-electron chi connectivity index (χ4n) is 0.986. The molecule has 0 unspecified atom stereocenters. The van der Waals surface area contributed by atoms with Gasteiger partial charge in [-0.15, -0.1) is 0 Å². The lowest BCUT2D eigenvalue weighted by molar-refractivity contribution is -0.137. The second-order valence-electron chi connectivity index (χ2n) is 2.56. The van der Waals surface area contributed by atoms with Crippen LogP contribution in [-0.2, 0) is 6.18 Å². The van der Waals surface area contributed by atoms with Crippen molar-refractivity contribution >= 4 is 34.0 Å². The highest BCUT2D eigenvalue weighted by Crippen LogP contribution is 2.36. The van der Waals surface area contributed by atoms with Crippen LogP contribution in [-0.4, -0.2) is 4.45 Å². The fourth-order valence-corrected chi connectivity index (χ4v) is 1.18. The topological polar surface area (TPSA) is 12.0 Å². The van der Waals surface area contributed by atoms with Crippen LogP contribution < -0.4 is 5.32 Å². The minimum Gasteiger partial charge on any atom is -0.334 e. The van der Waals surface area contributed by atoms with Crippen LogP contribution in [0.25, 0.3) is 0 Å². The molecule has 0 aliphatic rings. The molecule has 1 N–H and O–H groups in total. The van der Waals surface area contributed by atoms with Crippen LogP contribution >= 0.6 is 23.8 Å². The second kappa shape index (κ2) is 4.32. The van der Waals surface area contributed by atoms with Gasteiger partial charge in [0.05, 0.1) is 11.3 Å². The zero-order chi connectivity index (χ0) is 11.6. The molecule has 1 aromatic carbocycles. The number of rotatable bonds is 1. The predicted octanol–water partition coefficient (Wildman–Crippen LogP) is 3.78. The number of benzene rings is 1. The van der Waals surface area contributed by atoms with Crippen LogP contribution in [0.4, 0.5) is 23.2 Å². The highest BCUT2D eigenvalue weighted by molar-refractivity contribution is 7.83. The Labute approximate surface area is 93.0 Å². The first-order chi connectivity index (χ1) is 6.82. The van der Waals surface area contributed by atoms with Gasteiger partial charge in [-0.05, 0) is 24.4 Å². The highest BCUT2D eigenvalue weighted by atomic mass is 35.5. The van der Waals surface area contributed by atoms with E-state index in [1.165, 1.54) is 0 Å². The van der Waals surface area contributed by atoms with Gasteiger partial charge >= 0.3 is 6.18 Å². The molecule has 0 bridgehead atoms. The van der Waals surface area contributed by atoms with Crippen molar-refractivity contribution in [1.82, 2.24) is 0 Å². The van der Waals surface area contributed by atoms with E-state index in [2.05, 4.69) is 12.2 Å². The van der Waals surface area contributed by atoms with Crippen molar-refractivity contribution in [1.29, 1.82) is 0 Å². The van der Waals surface area contributed by atoms with Crippen molar-refractivity contribution in [3.05, 3.63) is 29.6 Å². The van der Waals surface area contributed by atoms with Gasteiger partial charge in [0.2, 0.25) is 0 Å². The molecule has 82 valence electrons. The molecule has 0 heterocycles. The van der Waals surface area contributed by atoms with Gasteiger partial charge in [-0.2, -0.15) is 13.2 Å². The van der Waals surface area contributed by atoms with Gasteiger partial charge < -0.3 is 5.32 Å². The Morgan fingerprint density at radius 1 is 1.33 bits per heavy atom. The van der Waals surface area contributed by atoms with E-state index in [0.29, 0.717) is 0 Å². The number of hydrogen-bond donors (Lipinski definition) is 1. The Kier molecular flexibility index (Phi) is 3.51. The number of anilines is 1. The third kappa shape index (κ3) is 3.04. The Morgan fingerprint density at radius 2 is 1.93 bits per heavy atom. The van der Waals surface area contributed by atoms with E-state index in [-0.39, 0.29) is 0 Å². The largest absolute Gasteiger partial charge is 0.418 e. The number of thiocarbonyl (C=S) groups is 1. The summed E-state index contributed by atoms with van der Waals surface area (Å²) >= 11 is 9.53. The lowest BCUT2D eigenvalue weighted by Gasteiger charge is -2.13. The van der Waals surface area contributed by atoms with Gasteiger partial charge in [0.15, 0.2) is 4.45 Å². The zero-order valence-electron chi connectivity index (χ0n) is 7.03. The van der Waals surface area contributed by atoms with Crippen molar-refractivity contribution in [2.24, 2.45) is 0 Å². The van der Waals surface area contributed by atoms with Crippen LogP contribution in [0.5, 0.6) is 0 Å². The average molecular weight is 258 g/mol. The second-order valence-corrected chi connectivity index (χ2v) is 3.57. The smallest absolute Gasteiger partial charge is 0.334 e. The molecule has 0 aliphatic heterocycles. The van der Waals surface area contributed by atoms with Crippen molar-refractivity contribution in [2.75, 3.05) is 5.32 Å². The molecule has 0 saturated carbocycles. The zero-order valence-corrected chi connectivity index (χ0v) is 8.60. The molecule has 0 saturated heterocycles. The lowest BCUT2D eigenvalue weighted by atomic mass is 10.1. The Hall–Kier alpha value is -0.880. The normalized spacial score (nSPS) is 11.3. The first-order valence-electron chi connectivity index (χ1n) is 3.64. The maximum Gasteiger partial charge on any atom is 0.418 e. The van der Waals surface area contributed by atoms with Crippen molar-refractivity contribution in [2.45, 2.75) is 6.18 Å². The van der Waals surface area contributed by atoms with Crippen molar-refractivity contribution in [3.63, 3.8) is 0 Å². The first-order valence-corrected chi connectivity index (χ1v) is 4.43. The standard InChI is InChI=1S/C8H4ClF4NS/c9-7(15)14-6-4(8(11,12)13)2-1-3-5(6)10/h1-3H,(H,14,15). The number of halogens is 5. The van der Waals surface area contributed by atoms with Gasteiger partial charge in [0.25, 0.3) is 0 Å². The highest BCUT2D eigenvalue weighted by Gasteiger charge is 2.34. The minimum absolute atomic E-state index is 0.453. The Morgan fingerprint density at radius 3 is 2.40 bits per heavy atom. The third-order valence-corrected chi connectivity index (χ3v) is 1.74. The third-order valence-electron chi connectivity index (χ3n) is 1.54. The molecule has 15 heavy (non-hydrogen) atoms. The summed E-state index contributed by atoms with van der Waals surface area (Å²) in [5.74, 6) is -1.06. The van der Waals surface area contributed by atoms with Gasteiger partial charge in [-0.1, -0.05) is 17.7 Å². The van der Waals surface area contributed by atoms with E-state index in [1.54, 1.807) is 0 Å². The summed E-state index contributed by atoms with van der Waals surface area (Å²) in [5.41, 5.74) is -1.91. The lowest BCUT2D eigenvalue weighted by Crippen LogP contribution is -2.13. The van der Waals surface area contributed by atoms with Gasteiger partial charge in [0, 0.05) is 0 Å². The Bertz CT molecular complexity index is 391. The molecule has 0 fully saturated rings. The van der Waals surface area contributed by atoms with E-state index in [1.807, 2.05) is 5.32 Å². The maximum absolute atomic E-state index is 13.1. The molecular formula is C8H4ClF4NS. The summed E-state index contributed by atoms with van der Waals surface area (Å²) in [6, 6.07) is 2.58. The van der Waals surface area contributed by atoms with Crippen LogP contribution in [0.2, 0.25) is 0 Å². The summed E-state index contributed by atoms with van der Waals surface area (Å²) in [4.78, 5) is 0. The van der Waals surface area contributed by atoms with E-state index in [4.69, 9.17) is 11.6 Å². The van der Waals surface area contributed by atoms with Crippen molar-refractivity contribution in [3.8, 4) is 0 Å². The van der Waals surface area contributed by atoms with Gasteiger partial charge in [-0.3, -0.25) is 0 Å². The SMILES string of the molecule is Fc1cccc(C(F)(F)F)c1NC(=S)Cl. The summed E-state index contributed by atoms with van der Waals surface area (Å²) < 4.78 is 49.8. The van der Waals surface area contributed by atoms with Crippen molar-refractivity contribution < 1.29 is 17.6 Å². The van der Waals surface area contributed by atoms with Crippen LogP contribution in [0.15, 0.2) is 18.2 Å². The average Bonchev–Trinajstić information content (AvgIpc) is 2.05. The number of para-hydroxylation sites is 1.